The monoisotopic (exact) mass is 385 g/mol. The van der Waals surface area contributed by atoms with Crippen LogP contribution < -0.4 is 5.32 Å². The van der Waals surface area contributed by atoms with Crippen LogP contribution >= 0.6 is 7.37 Å². The molecular formula is C18H28NO6P. The van der Waals surface area contributed by atoms with Crippen LogP contribution in [-0.4, -0.2) is 35.5 Å². The summed E-state index contributed by atoms with van der Waals surface area (Å²) >= 11 is 0. The molecule has 0 saturated carbocycles. The van der Waals surface area contributed by atoms with Crippen LogP contribution in [0.1, 0.15) is 39.2 Å². The van der Waals surface area contributed by atoms with Crippen LogP contribution in [0.15, 0.2) is 30.3 Å². The second-order valence-corrected chi connectivity index (χ2v) is 8.97. The van der Waals surface area contributed by atoms with E-state index in [9.17, 15) is 19.0 Å². The first-order valence-electron chi connectivity index (χ1n) is 8.69. The van der Waals surface area contributed by atoms with Crippen LogP contribution in [0.3, 0.4) is 0 Å². The van der Waals surface area contributed by atoms with Gasteiger partial charge in [-0.25, -0.2) is 4.79 Å². The van der Waals surface area contributed by atoms with Crippen molar-refractivity contribution in [1.82, 2.24) is 5.32 Å². The number of benzene rings is 1. The molecule has 2 unspecified atom stereocenters. The van der Waals surface area contributed by atoms with E-state index in [1.165, 1.54) is 0 Å². The fourth-order valence-corrected chi connectivity index (χ4v) is 4.19. The normalized spacial score (nSPS) is 14.3. The van der Waals surface area contributed by atoms with Gasteiger partial charge in [-0.05, 0) is 24.8 Å². The van der Waals surface area contributed by atoms with Gasteiger partial charge >= 0.3 is 12.1 Å². The third-order valence-corrected chi connectivity index (χ3v) is 5.80. The molecule has 26 heavy (non-hydrogen) atoms. The molecule has 1 amide bonds. The first-order valence-corrected chi connectivity index (χ1v) is 10.6. The van der Waals surface area contributed by atoms with Gasteiger partial charge in [-0.15, -0.1) is 0 Å². The van der Waals surface area contributed by atoms with Gasteiger partial charge in [0.25, 0.3) is 0 Å². The van der Waals surface area contributed by atoms with Crippen LogP contribution in [0, 0.1) is 5.92 Å². The molecule has 0 aliphatic rings. The number of rotatable bonds is 10. The third-order valence-electron chi connectivity index (χ3n) is 3.62. The Labute approximate surface area is 154 Å². The number of amides is 1. The van der Waals surface area contributed by atoms with Gasteiger partial charge in [-0.2, -0.15) is 0 Å². The van der Waals surface area contributed by atoms with E-state index in [1.807, 2.05) is 44.2 Å². The Balaban J connectivity index is 2.64. The number of ether oxygens (including phenoxy) is 2. The van der Waals surface area contributed by atoms with Gasteiger partial charge in [-0.1, -0.05) is 44.2 Å². The lowest BCUT2D eigenvalue weighted by atomic mass is 10.1. The summed E-state index contributed by atoms with van der Waals surface area (Å²) in [6.07, 6.45) is -0.874. The first-order chi connectivity index (χ1) is 12.2. The zero-order valence-electron chi connectivity index (χ0n) is 15.5. The van der Waals surface area contributed by atoms with Crippen molar-refractivity contribution >= 4 is 19.4 Å². The minimum Gasteiger partial charge on any atom is -0.466 e. The number of carbonyl (C=O) groups is 2. The van der Waals surface area contributed by atoms with Crippen LogP contribution in [0.4, 0.5) is 4.79 Å². The topological polar surface area (TPSA) is 102 Å². The smallest absolute Gasteiger partial charge is 0.408 e. The molecule has 0 saturated heterocycles. The Bertz CT molecular complexity index is 619. The van der Waals surface area contributed by atoms with Gasteiger partial charge < -0.3 is 19.7 Å². The molecule has 0 heterocycles. The number of hydrogen-bond acceptors (Lipinski definition) is 5. The molecule has 2 N–H and O–H groups in total. The van der Waals surface area contributed by atoms with Crippen LogP contribution in [-0.2, 0) is 25.4 Å². The predicted molar refractivity (Wildman–Crippen MR) is 98.9 cm³/mol. The SMILES string of the molecule is CCOC(=O)CCP(=O)(O)C(CC(C)C)NC(=O)OCc1ccccc1. The summed E-state index contributed by atoms with van der Waals surface area (Å²) in [7, 11) is -3.80. The Morgan fingerprint density at radius 2 is 1.85 bits per heavy atom. The number of alkyl carbamates (subject to hydrolysis) is 1. The molecule has 0 spiro atoms. The maximum Gasteiger partial charge on any atom is 0.408 e. The van der Waals surface area contributed by atoms with Gasteiger partial charge in [0.1, 0.15) is 12.4 Å². The lowest BCUT2D eigenvalue weighted by Gasteiger charge is -2.25. The minimum atomic E-state index is -3.80. The molecular weight excluding hydrogens is 357 g/mol. The van der Waals surface area contributed by atoms with Gasteiger partial charge in [0.2, 0.25) is 7.37 Å². The fraction of sp³-hybridized carbons (Fsp3) is 0.556. The zero-order valence-corrected chi connectivity index (χ0v) is 16.4. The largest absolute Gasteiger partial charge is 0.466 e. The molecule has 0 fully saturated rings. The summed E-state index contributed by atoms with van der Waals surface area (Å²) < 4.78 is 22.6. The molecule has 8 heteroatoms. The molecule has 0 aliphatic heterocycles. The maximum absolute atomic E-state index is 12.6. The van der Waals surface area contributed by atoms with Crippen LogP contribution in [0.5, 0.6) is 0 Å². The molecule has 0 aliphatic carbocycles. The molecule has 0 aromatic heterocycles. The lowest BCUT2D eigenvalue weighted by molar-refractivity contribution is -0.142. The van der Waals surface area contributed by atoms with E-state index in [4.69, 9.17) is 9.47 Å². The Morgan fingerprint density at radius 1 is 1.19 bits per heavy atom. The van der Waals surface area contributed by atoms with Crippen molar-refractivity contribution in [3.05, 3.63) is 35.9 Å². The Hall–Kier alpha value is -1.85. The van der Waals surface area contributed by atoms with E-state index in [1.54, 1.807) is 6.92 Å². The Morgan fingerprint density at radius 3 is 2.42 bits per heavy atom. The average molecular weight is 385 g/mol. The molecule has 0 radical (unpaired) electrons. The van der Waals surface area contributed by atoms with E-state index < -0.39 is 25.2 Å². The zero-order chi connectivity index (χ0) is 19.6. The van der Waals surface area contributed by atoms with E-state index in [0.29, 0.717) is 6.42 Å². The summed E-state index contributed by atoms with van der Waals surface area (Å²) in [4.78, 5) is 33.8. The molecule has 7 nitrogen and oxygen atoms in total. The summed E-state index contributed by atoms with van der Waals surface area (Å²) in [5.74, 6) is -1.42. The molecule has 146 valence electrons. The highest BCUT2D eigenvalue weighted by atomic mass is 31.2. The number of carbonyl (C=O) groups excluding carboxylic acids is 2. The number of esters is 1. The number of nitrogens with one attached hydrogen (secondary N) is 1. The predicted octanol–water partition coefficient (Wildman–Crippen LogP) is 3.51. The molecule has 1 aromatic carbocycles. The van der Waals surface area contributed by atoms with Crippen LogP contribution in [0.2, 0.25) is 0 Å². The van der Waals surface area contributed by atoms with Crippen molar-refractivity contribution in [2.24, 2.45) is 5.92 Å². The van der Waals surface area contributed by atoms with E-state index in [-0.39, 0.29) is 31.7 Å². The second-order valence-electron chi connectivity index (χ2n) is 6.39. The lowest BCUT2D eigenvalue weighted by Crippen LogP contribution is -2.37. The first kappa shape index (κ1) is 22.2. The van der Waals surface area contributed by atoms with Crippen molar-refractivity contribution in [2.75, 3.05) is 12.8 Å². The minimum absolute atomic E-state index is 0.0691. The van der Waals surface area contributed by atoms with Crippen molar-refractivity contribution in [3.8, 4) is 0 Å². The highest BCUT2D eigenvalue weighted by Crippen LogP contribution is 2.48. The summed E-state index contributed by atoms with van der Waals surface area (Å²) in [6.45, 7) is 5.72. The van der Waals surface area contributed by atoms with Crippen molar-refractivity contribution < 1.29 is 28.5 Å². The summed E-state index contributed by atoms with van der Waals surface area (Å²) in [5.41, 5.74) is 0.817. The highest BCUT2D eigenvalue weighted by molar-refractivity contribution is 7.58. The third kappa shape index (κ3) is 8.50. The molecule has 2 atom stereocenters. The summed E-state index contributed by atoms with van der Waals surface area (Å²) in [5, 5.41) is 2.49. The van der Waals surface area contributed by atoms with Crippen molar-refractivity contribution in [2.45, 2.75) is 46.0 Å². The second kappa shape index (κ2) is 11.0. The van der Waals surface area contributed by atoms with Gasteiger partial charge in [-0.3, -0.25) is 9.36 Å². The van der Waals surface area contributed by atoms with E-state index in [2.05, 4.69) is 5.32 Å². The maximum atomic E-state index is 12.6. The Kier molecular flexibility index (Phi) is 9.38. The molecule has 1 aromatic rings. The number of hydrogen-bond donors (Lipinski definition) is 2. The van der Waals surface area contributed by atoms with Gasteiger partial charge in [0, 0.05) is 6.16 Å². The molecule has 0 bridgehead atoms. The summed E-state index contributed by atoms with van der Waals surface area (Å²) in [6, 6.07) is 9.14. The van der Waals surface area contributed by atoms with E-state index >= 15 is 0 Å². The molecule has 1 rings (SSSR count). The van der Waals surface area contributed by atoms with Gasteiger partial charge in [0.15, 0.2) is 0 Å². The van der Waals surface area contributed by atoms with E-state index in [0.717, 1.165) is 5.56 Å². The highest BCUT2D eigenvalue weighted by Gasteiger charge is 2.33. The average Bonchev–Trinajstić information content (AvgIpc) is 2.58. The van der Waals surface area contributed by atoms with Crippen LogP contribution in [0.25, 0.3) is 0 Å². The fourth-order valence-electron chi connectivity index (χ4n) is 2.31. The standard InChI is InChI=1S/C18H28NO6P/c1-4-24-17(20)10-11-26(22,23)16(12-14(2)3)19-18(21)25-13-15-8-6-5-7-9-15/h5-9,14,16H,4,10-13H2,1-3H3,(H,19,21)(H,22,23). The van der Waals surface area contributed by atoms with Gasteiger partial charge in [0.05, 0.1) is 13.0 Å². The van der Waals surface area contributed by atoms with Crippen molar-refractivity contribution in [3.63, 3.8) is 0 Å². The quantitative estimate of drug-likeness (QED) is 0.472. The van der Waals surface area contributed by atoms with Crippen molar-refractivity contribution in [1.29, 1.82) is 0 Å².